The highest BCUT2D eigenvalue weighted by Gasteiger charge is 2.58. The van der Waals surface area contributed by atoms with Crippen LogP contribution in [0.25, 0.3) is 11.5 Å². The average Bonchev–Trinajstić information content (AvgIpc) is 3.06. The van der Waals surface area contributed by atoms with Crippen LogP contribution in [0, 0.1) is 0 Å². The summed E-state index contributed by atoms with van der Waals surface area (Å²) in [5.41, 5.74) is -2.87. The molecule has 3 heterocycles. The summed E-state index contributed by atoms with van der Waals surface area (Å²) >= 11 is 0. The van der Waals surface area contributed by atoms with E-state index in [1.54, 1.807) is 0 Å². The Morgan fingerprint density at radius 1 is 1.06 bits per heavy atom. The lowest BCUT2D eigenvalue weighted by molar-refractivity contribution is -0.290. The number of halogens is 8. The number of fused-ring (bicyclic) bond motifs is 1. The Morgan fingerprint density at radius 3 is 2.26 bits per heavy atom. The van der Waals surface area contributed by atoms with Crippen LogP contribution in [0.1, 0.15) is 12.5 Å². The van der Waals surface area contributed by atoms with Crippen molar-refractivity contribution in [3.63, 3.8) is 0 Å². The average molecular weight is 520 g/mol. The van der Waals surface area contributed by atoms with Crippen molar-refractivity contribution >= 4 is 15.5 Å². The van der Waals surface area contributed by atoms with Crippen molar-refractivity contribution < 1.29 is 48.3 Å². The zero-order chi connectivity index (χ0) is 25.7. The molecule has 0 amide bonds. The first-order valence-electron chi connectivity index (χ1n) is 8.97. The molecule has 0 aliphatic carbocycles. The highest BCUT2D eigenvalue weighted by atomic mass is 32.2. The lowest BCUT2D eigenvalue weighted by Crippen LogP contribution is -2.41. The van der Waals surface area contributed by atoms with Crippen LogP contribution in [-0.4, -0.2) is 52.0 Å². The largest absolute Gasteiger partial charge is 0.485 e. The normalized spacial score (nSPS) is 13.4. The van der Waals surface area contributed by atoms with Crippen molar-refractivity contribution in [1.29, 1.82) is 0 Å². The van der Waals surface area contributed by atoms with Crippen LogP contribution in [0.3, 0.4) is 0 Å². The number of rotatable bonds is 6. The van der Waals surface area contributed by atoms with Crippen LogP contribution in [0.15, 0.2) is 40.3 Å². The zero-order valence-corrected chi connectivity index (χ0v) is 17.5. The van der Waals surface area contributed by atoms with Crippen LogP contribution >= 0.6 is 0 Å². The molecule has 34 heavy (non-hydrogen) atoms. The molecule has 0 bridgehead atoms. The van der Waals surface area contributed by atoms with Gasteiger partial charge in [-0.15, -0.1) is 5.10 Å². The first kappa shape index (κ1) is 25.4. The van der Waals surface area contributed by atoms with Gasteiger partial charge in [0, 0.05) is 6.20 Å². The minimum absolute atomic E-state index is 0.263. The predicted octanol–water partition coefficient (Wildman–Crippen LogP) is 3.27. The number of hydrogen-bond donors (Lipinski definition) is 0. The Kier molecular flexibility index (Phi) is 6.13. The van der Waals surface area contributed by atoms with E-state index >= 15 is 0 Å². The van der Waals surface area contributed by atoms with E-state index in [1.165, 1.54) is 0 Å². The van der Waals surface area contributed by atoms with Crippen LogP contribution in [-0.2, 0) is 16.0 Å². The molecule has 0 spiro atoms. The van der Waals surface area contributed by atoms with Crippen molar-refractivity contribution in [2.75, 3.05) is 12.4 Å². The summed E-state index contributed by atoms with van der Waals surface area (Å²) in [6, 6.07) is 2.16. The summed E-state index contributed by atoms with van der Waals surface area (Å²) in [5.74, 6) is -7.20. The molecule has 0 aromatic carbocycles. The number of pyridine rings is 2. The Labute approximate surface area is 184 Å². The quantitative estimate of drug-likeness (QED) is 0.463. The Morgan fingerprint density at radius 2 is 1.71 bits per heavy atom. The maximum atomic E-state index is 13.1. The molecule has 3 rings (SSSR count). The monoisotopic (exact) mass is 520 g/mol. The Hall–Kier alpha value is -3.24. The second-order valence-electron chi connectivity index (χ2n) is 6.73. The molecule has 0 aliphatic rings. The number of aromatic nitrogens is 4. The van der Waals surface area contributed by atoms with Crippen LogP contribution < -0.4 is 10.4 Å². The van der Waals surface area contributed by atoms with Crippen LogP contribution in [0.4, 0.5) is 35.1 Å². The van der Waals surface area contributed by atoms with Gasteiger partial charge in [-0.05, 0) is 18.2 Å². The van der Waals surface area contributed by atoms with E-state index in [9.17, 15) is 48.3 Å². The standard InChI is InChI=1S/C17H12F8N4O4S/c1-2-34(31,32)11-5-9(16(20,21)22)6-26-13(11)29-14(30)28-7-10(3-4-12(28)27-29)33-8-15(18,19)17(23,24)25/h3-7H,2,8H2,1H3. The second kappa shape index (κ2) is 8.21. The Balaban J connectivity index is 2.10. The van der Waals surface area contributed by atoms with Crippen molar-refractivity contribution in [3.05, 3.63) is 46.6 Å². The van der Waals surface area contributed by atoms with Gasteiger partial charge in [0.25, 0.3) is 0 Å². The van der Waals surface area contributed by atoms with E-state index in [4.69, 9.17) is 0 Å². The third-order valence-corrected chi connectivity index (χ3v) is 6.13. The lowest BCUT2D eigenvalue weighted by Gasteiger charge is -2.19. The fourth-order valence-electron chi connectivity index (χ4n) is 2.57. The van der Waals surface area contributed by atoms with Crippen molar-refractivity contribution in [2.24, 2.45) is 0 Å². The van der Waals surface area contributed by atoms with Gasteiger partial charge in [0.1, 0.15) is 10.6 Å². The highest BCUT2D eigenvalue weighted by Crippen LogP contribution is 2.36. The molecule has 0 fully saturated rings. The fourth-order valence-corrected chi connectivity index (χ4v) is 3.61. The minimum atomic E-state index is -5.88. The Bertz CT molecular complexity index is 1390. The third kappa shape index (κ3) is 4.69. The number of hydrogen-bond acceptors (Lipinski definition) is 6. The molecule has 3 aromatic heterocycles. The van der Waals surface area contributed by atoms with E-state index in [0.717, 1.165) is 19.1 Å². The molecule has 186 valence electrons. The van der Waals surface area contributed by atoms with Crippen molar-refractivity contribution in [3.8, 4) is 11.6 Å². The molecule has 0 radical (unpaired) electrons. The van der Waals surface area contributed by atoms with E-state index in [1.807, 2.05) is 0 Å². The molecule has 0 atom stereocenters. The van der Waals surface area contributed by atoms with Gasteiger partial charge < -0.3 is 4.74 Å². The molecule has 8 nitrogen and oxygen atoms in total. The summed E-state index contributed by atoms with van der Waals surface area (Å²) in [6.07, 6.45) is -9.84. The first-order chi connectivity index (χ1) is 15.5. The molecular weight excluding hydrogens is 508 g/mol. The molecule has 3 aromatic rings. The van der Waals surface area contributed by atoms with Gasteiger partial charge in [0.15, 0.2) is 27.9 Å². The predicted molar refractivity (Wildman–Crippen MR) is 97.8 cm³/mol. The number of alkyl halides is 8. The van der Waals surface area contributed by atoms with Gasteiger partial charge in [0.2, 0.25) is 0 Å². The highest BCUT2D eigenvalue weighted by molar-refractivity contribution is 7.91. The van der Waals surface area contributed by atoms with Crippen molar-refractivity contribution in [1.82, 2.24) is 19.2 Å². The topological polar surface area (TPSA) is 95.6 Å². The van der Waals surface area contributed by atoms with Gasteiger partial charge in [-0.25, -0.2) is 22.6 Å². The lowest BCUT2D eigenvalue weighted by atomic mass is 10.3. The molecule has 0 N–H and O–H groups in total. The number of ether oxygens (including phenoxy) is 1. The summed E-state index contributed by atoms with van der Waals surface area (Å²) in [4.78, 5) is 15.2. The van der Waals surface area contributed by atoms with E-state index in [-0.39, 0.29) is 17.9 Å². The van der Waals surface area contributed by atoms with Gasteiger partial charge in [-0.2, -0.15) is 39.8 Å². The summed E-state index contributed by atoms with van der Waals surface area (Å²) < 4.78 is 132. The maximum Gasteiger partial charge on any atom is 0.456 e. The molecule has 0 aliphatic heterocycles. The van der Waals surface area contributed by atoms with Gasteiger partial charge in [-0.3, -0.25) is 0 Å². The van der Waals surface area contributed by atoms with Crippen molar-refractivity contribution in [2.45, 2.75) is 30.1 Å². The summed E-state index contributed by atoms with van der Waals surface area (Å²) in [7, 11) is -4.35. The third-order valence-electron chi connectivity index (χ3n) is 4.40. The maximum absolute atomic E-state index is 13.1. The minimum Gasteiger partial charge on any atom is -0.485 e. The molecule has 0 unspecified atom stereocenters. The van der Waals surface area contributed by atoms with Crippen LogP contribution in [0.5, 0.6) is 5.75 Å². The van der Waals surface area contributed by atoms with Gasteiger partial charge >= 0.3 is 24.0 Å². The fraction of sp³-hybridized carbons (Fsp3) is 0.353. The molecule has 17 heteroatoms. The van der Waals surface area contributed by atoms with E-state index < -0.39 is 68.2 Å². The zero-order valence-electron chi connectivity index (χ0n) is 16.7. The smallest absolute Gasteiger partial charge is 0.456 e. The molecule has 0 saturated heterocycles. The molecular formula is C17H12F8N4O4S. The van der Waals surface area contributed by atoms with Gasteiger partial charge in [-0.1, -0.05) is 6.92 Å². The van der Waals surface area contributed by atoms with Crippen LogP contribution in [0.2, 0.25) is 0 Å². The van der Waals surface area contributed by atoms with E-state index in [0.29, 0.717) is 15.3 Å². The summed E-state index contributed by atoms with van der Waals surface area (Å²) in [5, 5.41) is 3.75. The van der Waals surface area contributed by atoms with Gasteiger partial charge in [0.05, 0.1) is 17.5 Å². The number of sulfone groups is 1. The first-order valence-corrected chi connectivity index (χ1v) is 10.6. The SMILES string of the molecule is CCS(=O)(=O)c1cc(C(F)(F)F)cnc1-n1nc2ccc(OCC(F)(F)C(F)(F)F)cn2c1=O. The molecule has 0 saturated carbocycles. The number of nitrogens with zero attached hydrogens (tertiary/aromatic N) is 4. The summed E-state index contributed by atoms with van der Waals surface area (Å²) in [6.45, 7) is -0.948. The van der Waals surface area contributed by atoms with E-state index in [2.05, 4.69) is 14.8 Å². The second-order valence-corrected chi connectivity index (χ2v) is 8.97.